The molecule has 1 fully saturated rings. The van der Waals surface area contributed by atoms with Gasteiger partial charge in [0.05, 0.1) is 18.4 Å². The highest BCUT2D eigenvalue weighted by Gasteiger charge is 2.26. The molecule has 1 saturated heterocycles. The predicted octanol–water partition coefficient (Wildman–Crippen LogP) is 2.25. The molecule has 0 radical (unpaired) electrons. The molecule has 4 nitrogen and oxygen atoms in total. The summed E-state index contributed by atoms with van der Waals surface area (Å²) in [5.41, 5.74) is 0.939. The first-order valence-electron chi connectivity index (χ1n) is 6.94. The summed E-state index contributed by atoms with van der Waals surface area (Å²) in [7, 11) is 0. The lowest BCUT2D eigenvalue weighted by Gasteiger charge is -2.17. The molecule has 0 spiro atoms. The van der Waals surface area contributed by atoms with Gasteiger partial charge in [-0.25, -0.2) is 0 Å². The summed E-state index contributed by atoms with van der Waals surface area (Å²) in [6, 6.07) is 5.81. The Balaban J connectivity index is 1.75. The molecule has 0 aliphatic carbocycles. The van der Waals surface area contributed by atoms with E-state index >= 15 is 0 Å². The largest absolute Gasteiger partial charge is 0.370 e. The number of likely N-dealkylation sites (tertiary alicyclic amines) is 1. The predicted molar refractivity (Wildman–Crippen MR) is 73.5 cm³/mol. The van der Waals surface area contributed by atoms with Gasteiger partial charge in [-0.05, 0) is 24.5 Å². The molecule has 104 valence electrons. The highest BCUT2D eigenvalue weighted by molar-refractivity contribution is 5.76. The molecule has 0 bridgehead atoms. The first kappa shape index (κ1) is 14.0. The van der Waals surface area contributed by atoms with E-state index in [1.807, 2.05) is 23.1 Å². The minimum atomic E-state index is 0.151. The molecule has 1 aromatic rings. The van der Waals surface area contributed by atoms with Crippen molar-refractivity contribution in [2.24, 2.45) is 5.92 Å². The number of hydrogen-bond acceptors (Lipinski definition) is 3. The van der Waals surface area contributed by atoms with Crippen molar-refractivity contribution < 1.29 is 9.53 Å². The molecular formula is C15H22N2O2. The lowest BCUT2D eigenvalue weighted by Crippen LogP contribution is -2.30. The van der Waals surface area contributed by atoms with Crippen molar-refractivity contribution in [3.63, 3.8) is 0 Å². The van der Waals surface area contributed by atoms with Crippen LogP contribution in [-0.2, 0) is 16.1 Å². The van der Waals surface area contributed by atoms with E-state index in [1.54, 1.807) is 6.20 Å². The molecule has 1 aromatic heterocycles. The quantitative estimate of drug-likeness (QED) is 0.817. The second-order valence-electron chi connectivity index (χ2n) is 5.48. The number of nitrogens with zero attached hydrogens (tertiary/aromatic N) is 2. The summed E-state index contributed by atoms with van der Waals surface area (Å²) < 4.78 is 5.82. The van der Waals surface area contributed by atoms with E-state index in [2.05, 4.69) is 18.8 Å². The van der Waals surface area contributed by atoms with Crippen LogP contribution in [0.25, 0.3) is 0 Å². The van der Waals surface area contributed by atoms with Gasteiger partial charge in [0.2, 0.25) is 5.91 Å². The van der Waals surface area contributed by atoms with Crippen LogP contribution in [0.4, 0.5) is 0 Å². The maximum Gasteiger partial charge on any atom is 0.222 e. The van der Waals surface area contributed by atoms with Crippen LogP contribution in [0.15, 0.2) is 24.4 Å². The minimum Gasteiger partial charge on any atom is -0.370 e. The number of aromatic nitrogens is 1. The summed E-state index contributed by atoms with van der Waals surface area (Å²) in [6.45, 7) is 6.21. The van der Waals surface area contributed by atoms with Gasteiger partial charge in [0.25, 0.3) is 0 Å². The van der Waals surface area contributed by atoms with Crippen LogP contribution in [0.1, 0.15) is 32.4 Å². The second-order valence-corrected chi connectivity index (χ2v) is 5.48. The monoisotopic (exact) mass is 262 g/mol. The highest BCUT2D eigenvalue weighted by Crippen LogP contribution is 2.16. The third-order valence-electron chi connectivity index (χ3n) is 3.27. The van der Waals surface area contributed by atoms with Gasteiger partial charge in [0, 0.05) is 25.7 Å². The summed E-state index contributed by atoms with van der Waals surface area (Å²) >= 11 is 0. The zero-order valence-electron chi connectivity index (χ0n) is 11.7. The molecular weight excluding hydrogens is 240 g/mol. The van der Waals surface area contributed by atoms with Crippen LogP contribution in [-0.4, -0.2) is 35.0 Å². The Hall–Kier alpha value is -1.42. The van der Waals surface area contributed by atoms with Gasteiger partial charge in [0.15, 0.2) is 0 Å². The number of ether oxygens (including phenoxy) is 1. The van der Waals surface area contributed by atoms with Crippen molar-refractivity contribution in [2.75, 3.05) is 13.1 Å². The summed E-state index contributed by atoms with van der Waals surface area (Å²) in [5.74, 6) is 0.667. The van der Waals surface area contributed by atoms with Crippen molar-refractivity contribution in [1.82, 2.24) is 9.88 Å². The summed E-state index contributed by atoms with van der Waals surface area (Å²) in [6.07, 6.45) is 3.48. The van der Waals surface area contributed by atoms with Crippen LogP contribution in [0, 0.1) is 5.92 Å². The Labute approximate surface area is 114 Å². The van der Waals surface area contributed by atoms with Crippen LogP contribution >= 0.6 is 0 Å². The van der Waals surface area contributed by atoms with Crippen molar-refractivity contribution in [1.29, 1.82) is 0 Å². The minimum absolute atomic E-state index is 0.151. The highest BCUT2D eigenvalue weighted by atomic mass is 16.5. The van der Waals surface area contributed by atoms with Crippen molar-refractivity contribution in [3.8, 4) is 0 Å². The van der Waals surface area contributed by atoms with Crippen molar-refractivity contribution >= 4 is 5.91 Å². The molecule has 1 atom stereocenters. The number of carbonyl (C=O) groups excluding carboxylic acids is 1. The molecule has 2 heterocycles. The van der Waals surface area contributed by atoms with Gasteiger partial charge in [-0.1, -0.05) is 19.9 Å². The normalized spacial score (nSPS) is 19.1. The lowest BCUT2D eigenvalue weighted by atomic mass is 10.1. The third kappa shape index (κ3) is 4.31. The Morgan fingerprint density at radius 3 is 3.05 bits per heavy atom. The van der Waals surface area contributed by atoms with Crippen LogP contribution < -0.4 is 0 Å². The average Bonchev–Trinajstić information content (AvgIpc) is 2.86. The fourth-order valence-electron chi connectivity index (χ4n) is 2.26. The average molecular weight is 262 g/mol. The Kier molecular flexibility index (Phi) is 4.91. The Morgan fingerprint density at radius 1 is 1.53 bits per heavy atom. The Bertz CT molecular complexity index is 406. The van der Waals surface area contributed by atoms with E-state index in [-0.39, 0.29) is 12.0 Å². The number of amides is 1. The van der Waals surface area contributed by atoms with Gasteiger partial charge in [0.1, 0.15) is 0 Å². The summed E-state index contributed by atoms with van der Waals surface area (Å²) in [5, 5.41) is 0. The van der Waals surface area contributed by atoms with Crippen LogP contribution in [0.5, 0.6) is 0 Å². The molecule has 1 aliphatic rings. The van der Waals surface area contributed by atoms with Gasteiger partial charge >= 0.3 is 0 Å². The molecule has 1 aliphatic heterocycles. The van der Waals surface area contributed by atoms with Gasteiger partial charge in [-0.2, -0.15) is 0 Å². The van der Waals surface area contributed by atoms with Crippen molar-refractivity contribution in [3.05, 3.63) is 30.1 Å². The van der Waals surface area contributed by atoms with Gasteiger partial charge < -0.3 is 9.64 Å². The van der Waals surface area contributed by atoms with Crippen molar-refractivity contribution in [2.45, 2.75) is 39.4 Å². The zero-order valence-corrected chi connectivity index (χ0v) is 11.7. The molecule has 19 heavy (non-hydrogen) atoms. The van der Waals surface area contributed by atoms with E-state index in [0.29, 0.717) is 18.9 Å². The third-order valence-corrected chi connectivity index (χ3v) is 3.27. The number of rotatable bonds is 5. The second kappa shape index (κ2) is 6.66. The first-order chi connectivity index (χ1) is 9.15. The summed E-state index contributed by atoms with van der Waals surface area (Å²) in [4.78, 5) is 18.1. The number of carbonyl (C=O) groups is 1. The van der Waals surface area contributed by atoms with E-state index in [1.165, 1.54) is 0 Å². The van der Waals surface area contributed by atoms with E-state index in [0.717, 1.165) is 25.2 Å². The van der Waals surface area contributed by atoms with Gasteiger partial charge in [-0.15, -0.1) is 0 Å². The molecule has 1 unspecified atom stereocenters. The molecule has 0 saturated carbocycles. The fourth-order valence-corrected chi connectivity index (χ4v) is 2.26. The van der Waals surface area contributed by atoms with Crippen LogP contribution in [0.2, 0.25) is 0 Å². The zero-order chi connectivity index (χ0) is 13.7. The first-order valence-corrected chi connectivity index (χ1v) is 6.94. The molecule has 2 rings (SSSR count). The lowest BCUT2D eigenvalue weighted by molar-refractivity contribution is -0.131. The topological polar surface area (TPSA) is 42.4 Å². The molecule has 4 heteroatoms. The number of hydrogen-bond donors (Lipinski definition) is 0. The maximum atomic E-state index is 11.9. The smallest absolute Gasteiger partial charge is 0.222 e. The standard InChI is InChI=1S/C15H22N2O2/c1-12(2)9-15(18)17-8-6-14(10-17)19-11-13-5-3-4-7-16-13/h3-5,7,12,14H,6,8-11H2,1-2H3. The number of pyridine rings is 1. The van der Waals surface area contributed by atoms with E-state index in [9.17, 15) is 4.79 Å². The van der Waals surface area contributed by atoms with E-state index < -0.39 is 0 Å². The Morgan fingerprint density at radius 2 is 2.37 bits per heavy atom. The molecule has 0 aromatic carbocycles. The fraction of sp³-hybridized carbons (Fsp3) is 0.600. The molecule has 1 amide bonds. The SMILES string of the molecule is CC(C)CC(=O)N1CCC(OCc2ccccn2)C1. The maximum absolute atomic E-state index is 11.9. The molecule has 0 N–H and O–H groups in total. The van der Waals surface area contributed by atoms with Crippen LogP contribution in [0.3, 0.4) is 0 Å². The van der Waals surface area contributed by atoms with Gasteiger partial charge in [-0.3, -0.25) is 9.78 Å². The van der Waals surface area contributed by atoms with E-state index in [4.69, 9.17) is 4.74 Å².